The molecule has 0 spiro atoms. The van der Waals surface area contributed by atoms with Crippen molar-refractivity contribution >= 4 is 22.7 Å². The lowest BCUT2D eigenvalue weighted by Gasteiger charge is -2.15. The van der Waals surface area contributed by atoms with Gasteiger partial charge in [-0.05, 0) is 35.3 Å². The Morgan fingerprint density at radius 1 is 0.720 bits per heavy atom. The van der Waals surface area contributed by atoms with E-state index in [0.717, 1.165) is 34.4 Å². The summed E-state index contributed by atoms with van der Waals surface area (Å²) in [6.07, 6.45) is 0.774. The zero-order valence-corrected chi connectivity index (χ0v) is 14.3. The lowest BCUT2D eigenvalue weighted by Crippen LogP contribution is -2.15. The highest BCUT2D eigenvalue weighted by molar-refractivity contribution is 6.31. The highest BCUT2D eigenvalue weighted by Gasteiger charge is 2.18. The predicted molar refractivity (Wildman–Crippen MR) is 105 cm³/mol. The Hall–Kier alpha value is -3.13. The van der Waals surface area contributed by atoms with Gasteiger partial charge in [0.05, 0.1) is 5.57 Å². The molecule has 3 aromatic carbocycles. The number of amides is 1. The van der Waals surface area contributed by atoms with E-state index in [0.29, 0.717) is 0 Å². The van der Waals surface area contributed by atoms with Crippen LogP contribution >= 0.6 is 0 Å². The van der Waals surface area contributed by atoms with Gasteiger partial charge in [0.1, 0.15) is 0 Å². The van der Waals surface area contributed by atoms with Crippen LogP contribution in [0.3, 0.4) is 0 Å². The Morgan fingerprint density at radius 3 is 1.72 bits per heavy atom. The summed E-state index contributed by atoms with van der Waals surface area (Å²) < 4.78 is 0. The molecule has 3 aromatic rings. The smallest absolute Gasteiger partial charge is 0.256 e. The number of nitrogens with one attached hydrogen (secondary N) is 1. The van der Waals surface area contributed by atoms with Crippen LogP contribution in [0.15, 0.2) is 91.0 Å². The fourth-order valence-electron chi connectivity index (χ4n) is 2.93. The first-order valence-corrected chi connectivity index (χ1v) is 8.50. The van der Waals surface area contributed by atoms with E-state index in [-0.39, 0.29) is 5.91 Å². The number of allylic oxidation sites excluding steroid dienone is 1. The minimum absolute atomic E-state index is 0.0851. The summed E-state index contributed by atoms with van der Waals surface area (Å²) in [5.74, 6) is -0.0851. The van der Waals surface area contributed by atoms with E-state index in [1.807, 2.05) is 78.9 Å². The van der Waals surface area contributed by atoms with Crippen molar-refractivity contribution in [2.24, 2.45) is 0 Å². The molecule has 0 aliphatic heterocycles. The molecular weight excluding hydrogens is 306 g/mol. The van der Waals surface area contributed by atoms with Crippen molar-refractivity contribution in [2.75, 3.05) is 5.32 Å². The number of hydrogen-bond acceptors (Lipinski definition) is 1. The summed E-state index contributed by atoms with van der Waals surface area (Å²) in [6.45, 7) is 2.08. The molecule has 0 saturated carbocycles. The van der Waals surface area contributed by atoms with E-state index in [4.69, 9.17) is 0 Å². The molecule has 0 heterocycles. The van der Waals surface area contributed by atoms with E-state index < -0.39 is 0 Å². The minimum Gasteiger partial charge on any atom is -0.322 e. The van der Waals surface area contributed by atoms with Crippen molar-refractivity contribution in [1.82, 2.24) is 0 Å². The largest absolute Gasteiger partial charge is 0.322 e. The van der Waals surface area contributed by atoms with Gasteiger partial charge in [-0.15, -0.1) is 0 Å². The van der Waals surface area contributed by atoms with Crippen LogP contribution in [0.4, 0.5) is 5.69 Å². The first-order valence-electron chi connectivity index (χ1n) is 8.50. The number of carbonyl (C=O) groups is 1. The van der Waals surface area contributed by atoms with Gasteiger partial charge in [0.2, 0.25) is 0 Å². The van der Waals surface area contributed by atoms with Gasteiger partial charge in [-0.2, -0.15) is 0 Å². The molecule has 124 valence electrons. The standard InChI is InChI=1S/C23H21NO/c1-2-21(18-12-6-3-7-13-18)22(19-14-8-4-9-15-19)23(25)24-20-16-10-5-11-17-20/h3-17H,2H2,1H3,(H,24,25)/b22-21-. The van der Waals surface area contributed by atoms with Crippen LogP contribution in [0.2, 0.25) is 0 Å². The van der Waals surface area contributed by atoms with Crippen LogP contribution in [0.5, 0.6) is 0 Å². The SMILES string of the molecule is CC/C(=C(/C(=O)Nc1ccccc1)c1ccccc1)c1ccccc1. The summed E-state index contributed by atoms with van der Waals surface area (Å²) in [5.41, 5.74) is 4.56. The Balaban J connectivity index is 2.09. The van der Waals surface area contributed by atoms with Crippen molar-refractivity contribution in [1.29, 1.82) is 0 Å². The zero-order chi connectivity index (χ0) is 17.5. The Labute approximate surface area is 148 Å². The molecule has 0 fully saturated rings. The monoisotopic (exact) mass is 327 g/mol. The number of hydrogen-bond donors (Lipinski definition) is 1. The molecule has 0 unspecified atom stereocenters. The lowest BCUT2D eigenvalue weighted by molar-refractivity contribution is -0.111. The molecule has 0 atom stereocenters. The second-order valence-electron chi connectivity index (χ2n) is 5.76. The Bertz CT molecular complexity index is 852. The quantitative estimate of drug-likeness (QED) is 0.476. The van der Waals surface area contributed by atoms with Crippen molar-refractivity contribution in [3.63, 3.8) is 0 Å². The zero-order valence-electron chi connectivity index (χ0n) is 14.3. The van der Waals surface area contributed by atoms with Crippen LogP contribution in [0, 0.1) is 0 Å². The maximum Gasteiger partial charge on any atom is 0.256 e. The molecule has 0 saturated heterocycles. The Kier molecular flexibility index (Phi) is 5.43. The maximum absolute atomic E-state index is 13.1. The molecular formula is C23H21NO. The topological polar surface area (TPSA) is 29.1 Å². The number of anilines is 1. The average molecular weight is 327 g/mol. The highest BCUT2D eigenvalue weighted by atomic mass is 16.1. The molecule has 0 aliphatic carbocycles. The van der Waals surface area contributed by atoms with Gasteiger partial charge in [0.25, 0.3) is 5.91 Å². The number of carbonyl (C=O) groups excluding carboxylic acids is 1. The van der Waals surface area contributed by atoms with Crippen LogP contribution < -0.4 is 5.32 Å². The van der Waals surface area contributed by atoms with Crippen molar-refractivity contribution in [3.05, 3.63) is 102 Å². The predicted octanol–water partition coefficient (Wildman–Crippen LogP) is 5.65. The molecule has 0 bridgehead atoms. The molecule has 2 nitrogen and oxygen atoms in total. The van der Waals surface area contributed by atoms with Gasteiger partial charge in [-0.3, -0.25) is 4.79 Å². The summed E-state index contributed by atoms with van der Waals surface area (Å²) in [7, 11) is 0. The number of rotatable bonds is 5. The second kappa shape index (κ2) is 8.11. The third kappa shape index (κ3) is 4.04. The van der Waals surface area contributed by atoms with E-state index in [2.05, 4.69) is 24.4 Å². The summed E-state index contributed by atoms with van der Waals surface area (Å²) >= 11 is 0. The average Bonchev–Trinajstić information content (AvgIpc) is 2.68. The summed E-state index contributed by atoms with van der Waals surface area (Å²) in [5, 5.41) is 3.03. The third-order valence-electron chi connectivity index (χ3n) is 4.10. The van der Waals surface area contributed by atoms with Crippen molar-refractivity contribution < 1.29 is 4.79 Å². The molecule has 0 aromatic heterocycles. The molecule has 3 rings (SSSR count). The Morgan fingerprint density at radius 2 is 1.20 bits per heavy atom. The van der Waals surface area contributed by atoms with Crippen LogP contribution in [-0.2, 0) is 4.79 Å². The fourth-order valence-corrected chi connectivity index (χ4v) is 2.93. The van der Waals surface area contributed by atoms with E-state index >= 15 is 0 Å². The fraction of sp³-hybridized carbons (Fsp3) is 0.0870. The van der Waals surface area contributed by atoms with Crippen LogP contribution in [0.25, 0.3) is 11.1 Å². The van der Waals surface area contributed by atoms with Crippen molar-refractivity contribution in [3.8, 4) is 0 Å². The van der Waals surface area contributed by atoms with Gasteiger partial charge < -0.3 is 5.32 Å². The highest BCUT2D eigenvalue weighted by Crippen LogP contribution is 2.30. The molecule has 2 heteroatoms. The van der Waals surface area contributed by atoms with E-state index in [1.165, 1.54) is 0 Å². The van der Waals surface area contributed by atoms with Gasteiger partial charge in [0, 0.05) is 5.69 Å². The molecule has 1 amide bonds. The van der Waals surface area contributed by atoms with Gasteiger partial charge in [-0.1, -0.05) is 85.8 Å². The summed E-state index contributed by atoms with van der Waals surface area (Å²) in [6, 6.07) is 29.5. The normalized spacial score (nSPS) is 11.6. The first kappa shape index (κ1) is 16.7. The van der Waals surface area contributed by atoms with Gasteiger partial charge >= 0.3 is 0 Å². The molecule has 0 radical (unpaired) electrons. The minimum atomic E-state index is -0.0851. The van der Waals surface area contributed by atoms with Crippen molar-refractivity contribution in [2.45, 2.75) is 13.3 Å². The maximum atomic E-state index is 13.1. The van der Waals surface area contributed by atoms with Crippen LogP contribution in [0.1, 0.15) is 24.5 Å². The number of benzene rings is 3. The van der Waals surface area contributed by atoms with Gasteiger partial charge in [-0.25, -0.2) is 0 Å². The second-order valence-corrected chi connectivity index (χ2v) is 5.76. The first-order chi connectivity index (χ1) is 12.3. The molecule has 25 heavy (non-hydrogen) atoms. The van der Waals surface area contributed by atoms with E-state index in [1.54, 1.807) is 0 Å². The number of para-hydroxylation sites is 1. The van der Waals surface area contributed by atoms with Crippen LogP contribution in [-0.4, -0.2) is 5.91 Å². The molecule has 1 N–H and O–H groups in total. The third-order valence-corrected chi connectivity index (χ3v) is 4.10. The molecule has 0 aliphatic rings. The van der Waals surface area contributed by atoms with E-state index in [9.17, 15) is 4.79 Å². The lowest BCUT2D eigenvalue weighted by atomic mass is 9.92. The van der Waals surface area contributed by atoms with Gasteiger partial charge in [0.15, 0.2) is 0 Å². The summed E-state index contributed by atoms with van der Waals surface area (Å²) in [4.78, 5) is 13.1.